The summed E-state index contributed by atoms with van der Waals surface area (Å²) in [6.45, 7) is 7.62. The lowest BCUT2D eigenvalue weighted by atomic mass is 9.86. The van der Waals surface area contributed by atoms with Gasteiger partial charge in [0.15, 0.2) is 0 Å². The van der Waals surface area contributed by atoms with Crippen LogP contribution in [0.4, 0.5) is 0 Å². The van der Waals surface area contributed by atoms with Crippen molar-refractivity contribution in [2.24, 2.45) is 5.73 Å². The fourth-order valence-corrected chi connectivity index (χ4v) is 3.23. The molecule has 1 rings (SSSR count). The molecule has 1 unspecified atom stereocenters. The van der Waals surface area contributed by atoms with Gasteiger partial charge >= 0.3 is 0 Å². The molecule has 1 fully saturated rings. The SMILES string of the molecule is CSC1CC(=O)N(C(C)(C)CC(C)(C)N)C1=O. The molecule has 0 radical (unpaired) electrons. The number of amides is 2. The quantitative estimate of drug-likeness (QED) is 0.774. The normalized spacial score (nSPS) is 22.5. The molecule has 5 heteroatoms. The molecule has 0 saturated carbocycles. The number of nitrogens with two attached hydrogens (primary N) is 1. The molecule has 1 saturated heterocycles. The standard InChI is InChI=1S/C12H22N2O2S/c1-11(2,13)7-12(3,4)14-9(15)6-8(17-5)10(14)16/h8H,6-7,13H2,1-5H3. The lowest BCUT2D eigenvalue weighted by Crippen LogP contribution is -2.53. The van der Waals surface area contributed by atoms with Gasteiger partial charge in [0, 0.05) is 17.5 Å². The van der Waals surface area contributed by atoms with Crippen LogP contribution < -0.4 is 5.73 Å². The molecular formula is C12H22N2O2S. The van der Waals surface area contributed by atoms with Crippen LogP contribution in [0.1, 0.15) is 40.5 Å². The van der Waals surface area contributed by atoms with Crippen LogP contribution in [0.25, 0.3) is 0 Å². The first-order valence-electron chi connectivity index (χ1n) is 5.77. The lowest BCUT2D eigenvalue weighted by Gasteiger charge is -2.38. The van der Waals surface area contributed by atoms with Crippen molar-refractivity contribution in [2.75, 3.05) is 6.26 Å². The van der Waals surface area contributed by atoms with Gasteiger partial charge in [-0.05, 0) is 40.4 Å². The number of hydrogen-bond acceptors (Lipinski definition) is 4. The Kier molecular flexibility index (Phi) is 3.94. The van der Waals surface area contributed by atoms with Crippen molar-refractivity contribution in [1.82, 2.24) is 4.90 Å². The van der Waals surface area contributed by atoms with Gasteiger partial charge in [-0.15, -0.1) is 0 Å². The summed E-state index contributed by atoms with van der Waals surface area (Å²) in [5, 5.41) is -0.220. The second-order valence-corrected chi connectivity index (χ2v) is 7.01. The van der Waals surface area contributed by atoms with E-state index in [1.165, 1.54) is 16.7 Å². The van der Waals surface area contributed by atoms with Crippen LogP contribution in [0, 0.1) is 0 Å². The second kappa shape index (κ2) is 4.61. The van der Waals surface area contributed by atoms with Gasteiger partial charge in [0.25, 0.3) is 0 Å². The van der Waals surface area contributed by atoms with E-state index in [1.54, 1.807) is 0 Å². The molecule has 0 aromatic heterocycles. The third kappa shape index (κ3) is 3.22. The number of thioether (sulfide) groups is 1. The van der Waals surface area contributed by atoms with Crippen LogP contribution in [0.3, 0.4) is 0 Å². The van der Waals surface area contributed by atoms with Crippen LogP contribution in [0.15, 0.2) is 0 Å². The van der Waals surface area contributed by atoms with Crippen molar-refractivity contribution < 1.29 is 9.59 Å². The van der Waals surface area contributed by atoms with Gasteiger partial charge in [0.05, 0.1) is 5.25 Å². The molecule has 1 atom stereocenters. The molecular weight excluding hydrogens is 236 g/mol. The molecule has 0 aromatic carbocycles. The Bertz CT molecular complexity index is 334. The summed E-state index contributed by atoms with van der Waals surface area (Å²) < 4.78 is 0. The van der Waals surface area contributed by atoms with E-state index in [2.05, 4.69) is 0 Å². The van der Waals surface area contributed by atoms with Gasteiger partial charge in [0.1, 0.15) is 0 Å². The molecule has 4 nitrogen and oxygen atoms in total. The number of likely N-dealkylation sites (tertiary alicyclic amines) is 1. The number of imide groups is 1. The van der Waals surface area contributed by atoms with Crippen molar-refractivity contribution in [1.29, 1.82) is 0 Å². The predicted molar refractivity (Wildman–Crippen MR) is 70.7 cm³/mol. The Morgan fingerprint density at radius 3 is 2.24 bits per heavy atom. The molecule has 17 heavy (non-hydrogen) atoms. The van der Waals surface area contributed by atoms with E-state index in [9.17, 15) is 9.59 Å². The largest absolute Gasteiger partial charge is 0.325 e. The minimum atomic E-state index is -0.517. The third-order valence-corrected chi connectivity index (χ3v) is 3.82. The maximum absolute atomic E-state index is 12.1. The zero-order valence-electron chi connectivity index (χ0n) is 11.2. The van der Waals surface area contributed by atoms with Crippen LogP contribution in [0.2, 0.25) is 0 Å². The molecule has 2 amide bonds. The van der Waals surface area contributed by atoms with E-state index in [1.807, 2.05) is 34.0 Å². The number of carbonyl (C=O) groups excluding carboxylic acids is 2. The van der Waals surface area contributed by atoms with E-state index in [0.29, 0.717) is 12.8 Å². The fourth-order valence-electron chi connectivity index (χ4n) is 2.62. The molecule has 0 bridgehead atoms. The Labute approximate surface area is 107 Å². The fraction of sp³-hybridized carbons (Fsp3) is 0.833. The minimum Gasteiger partial charge on any atom is -0.325 e. The van der Waals surface area contributed by atoms with Gasteiger partial charge < -0.3 is 5.73 Å². The zero-order chi connectivity index (χ0) is 13.4. The van der Waals surface area contributed by atoms with E-state index in [-0.39, 0.29) is 17.1 Å². The van der Waals surface area contributed by atoms with Gasteiger partial charge in [0.2, 0.25) is 11.8 Å². The average Bonchev–Trinajstić information content (AvgIpc) is 2.37. The summed E-state index contributed by atoms with van der Waals surface area (Å²) in [6.07, 6.45) is 2.77. The smallest absolute Gasteiger partial charge is 0.243 e. The van der Waals surface area contributed by atoms with Crippen molar-refractivity contribution in [3.63, 3.8) is 0 Å². The van der Waals surface area contributed by atoms with Crippen molar-refractivity contribution in [3.8, 4) is 0 Å². The van der Waals surface area contributed by atoms with Crippen LogP contribution >= 0.6 is 11.8 Å². The number of nitrogens with zero attached hydrogens (tertiary/aromatic N) is 1. The molecule has 1 aliphatic heterocycles. The highest BCUT2D eigenvalue weighted by Crippen LogP contribution is 2.33. The van der Waals surface area contributed by atoms with E-state index in [4.69, 9.17) is 5.73 Å². The zero-order valence-corrected chi connectivity index (χ0v) is 12.1. The Hall–Kier alpha value is -0.550. The summed E-state index contributed by atoms with van der Waals surface area (Å²) >= 11 is 1.44. The first kappa shape index (κ1) is 14.5. The van der Waals surface area contributed by atoms with Gasteiger partial charge in [-0.1, -0.05) is 0 Å². The van der Waals surface area contributed by atoms with E-state index >= 15 is 0 Å². The molecule has 0 aliphatic carbocycles. The molecule has 1 aliphatic rings. The highest BCUT2D eigenvalue weighted by atomic mass is 32.2. The van der Waals surface area contributed by atoms with Gasteiger partial charge in [-0.2, -0.15) is 11.8 Å². The predicted octanol–water partition coefficient (Wildman–Crippen LogP) is 1.38. The Morgan fingerprint density at radius 1 is 1.35 bits per heavy atom. The van der Waals surface area contributed by atoms with Crippen LogP contribution in [-0.2, 0) is 9.59 Å². The van der Waals surface area contributed by atoms with Crippen molar-refractivity contribution >= 4 is 23.6 Å². The van der Waals surface area contributed by atoms with Crippen molar-refractivity contribution in [3.05, 3.63) is 0 Å². The van der Waals surface area contributed by atoms with E-state index in [0.717, 1.165) is 0 Å². The minimum absolute atomic E-state index is 0.0725. The first-order chi connectivity index (χ1) is 7.58. The maximum Gasteiger partial charge on any atom is 0.243 e. The molecule has 2 N–H and O–H groups in total. The third-order valence-electron chi connectivity index (χ3n) is 2.88. The lowest BCUT2D eigenvalue weighted by molar-refractivity contribution is -0.144. The highest BCUT2D eigenvalue weighted by molar-refractivity contribution is 8.00. The topological polar surface area (TPSA) is 63.4 Å². The highest BCUT2D eigenvalue weighted by Gasteiger charge is 2.46. The summed E-state index contributed by atoms with van der Waals surface area (Å²) in [6, 6.07) is 0. The Morgan fingerprint density at radius 2 is 1.88 bits per heavy atom. The molecule has 98 valence electrons. The summed E-state index contributed by atoms with van der Waals surface area (Å²) in [7, 11) is 0. The maximum atomic E-state index is 12.1. The van der Waals surface area contributed by atoms with Crippen LogP contribution in [0.5, 0.6) is 0 Å². The number of carbonyl (C=O) groups is 2. The molecule has 0 spiro atoms. The van der Waals surface area contributed by atoms with E-state index < -0.39 is 11.1 Å². The summed E-state index contributed by atoms with van der Waals surface area (Å²) in [4.78, 5) is 25.5. The first-order valence-corrected chi connectivity index (χ1v) is 7.06. The molecule has 1 heterocycles. The second-order valence-electron chi connectivity index (χ2n) is 5.97. The summed E-state index contributed by atoms with van der Waals surface area (Å²) in [5.41, 5.74) is 5.07. The van der Waals surface area contributed by atoms with Gasteiger partial charge in [-0.3, -0.25) is 14.5 Å². The number of rotatable bonds is 4. The molecule has 0 aromatic rings. The average molecular weight is 258 g/mol. The monoisotopic (exact) mass is 258 g/mol. The Balaban J connectivity index is 2.92. The summed E-state index contributed by atoms with van der Waals surface area (Å²) in [5.74, 6) is -0.152. The van der Waals surface area contributed by atoms with Crippen molar-refractivity contribution in [2.45, 2.75) is 56.9 Å². The number of hydrogen-bond donors (Lipinski definition) is 1. The van der Waals surface area contributed by atoms with Crippen LogP contribution in [-0.4, -0.2) is 39.3 Å². The van der Waals surface area contributed by atoms with Gasteiger partial charge in [-0.25, -0.2) is 0 Å².